The van der Waals surface area contributed by atoms with Crippen molar-refractivity contribution in [1.29, 1.82) is 0 Å². The van der Waals surface area contributed by atoms with Gasteiger partial charge in [0, 0.05) is 25.9 Å². The quantitative estimate of drug-likeness (QED) is 0.585. The van der Waals surface area contributed by atoms with Gasteiger partial charge in [-0.25, -0.2) is 9.97 Å². The molecule has 108 valence electrons. The number of imidazole rings is 2. The average Bonchev–Trinajstić information content (AvgIpc) is 3.04. The monoisotopic (exact) mass is 281 g/mol. The zero-order chi connectivity index (χ0) is 14.5. The van der Waals surface area contributed by atoms with Crippen LogP contribution in [-0.2, 0) is 11.3 Å². The van der Waals surface area contributed by atoms with Crippen molar-refractivity contribution in [3.05, 3.63) is 40.9 Å². The van der Waals surface area contributed by atoms with Gasteiger partial charge in [-0.15, -0.1) is 0 Å². The van der Waals surface area contributed by atoms with Crippen LogP contribution in [0.15, 0.2) is 24.9 Å². The number of nitro groups is 1. The summed E-state index contributed by atoms with van der Waals surface area (Å²) in [6.45, 7) is 2.07. The molecule has 1 unspecified atom stereocenters. The Hall–Kier alpha value is -2.26. The van der Waals surface area contributed by atoms with E-state index >= 15 is 0 Å². The number of nitrogens with zero attached hydrogens (tertiary/aromatic N) is 5. The van der Waals surface area contributed by atoms with Gasteiger partial charge in [0.05, 0.1) is 12.9 Å². The average molecular weight is 281 g/mol. The summed E-state index contributed by atoms with van der Waals surface area (Å²) < 4.78 is 8.58. The molecular weight excluding hydrogens is 266 g/mol. The van der Waals surface area contributed by atoms with Gasteiger partial charge in [0.15, 0.2) is 5.82 Å². The fourth-order valence-corrected chi connectivity index (χ4v) is 1.85. The third kappa shape index (κ3) is 3.00. The largest absolute Gasteiger partial charge is 0.389 e. The summed E-state index contributed by atoms with van der Waals surface area (Å²) in [5.74, 6) is 0.211. The second-order valence-corrected chi connectivity index (χ2v) is 4.10. The fourth-order valence-electron chi connectivity index (χ4n) is 1.85. The second kappa shape index (κ2) is 6.26. The van der Waals surface area contributed by atoms with E-state index in [9.17, 15) is 15.2 Å². The highest BCUT2D eigenvalue weighted by molar-refractivity contribution is 5.19. The molecule has 2 rings (SSSR count). The highest BCUT2D eigenvalue weighted by Gasteiger charge is 2.26. The van der Waals surface area contributed by atoms with E-state index in [-0.39, 0.29) is 19.0 Å². The Morgan fingerprint density at radius 3 is 3.00 bits per heavy atom. The van der Waals surface area contributed by atoms with Crippen molar-refractivity contribution >= 4 is 5.82 Å². The van der Waals surface area contributed by atoms with Gasteiger partial charge in [0.2, 0.25) is 6.23 Å². The third-order valence-electron chi connectivity index (χ3n) is 2.81. The number of hydrogen-bond donors (Lipinski definition) is 1. The summed E-state index contributed by atoms with van der Waals surface area (Å²) in [5.41, 5.74) is 0. The van der Waals surface area contributed by atoms with Crippen LogP contribution in [0.2, 0.25) is 0 Å². The number of aromatic nitrogens is 4. The summed E-state index contributed by atoms with van der Waals surface area (Å²) in [5, 5.41) is 20.3. The smallest absolute Gasteiger partial charge is 0.345 e. The van der Waals surface area contributed by atoms with Crippen LogP contribution < -0.4 is 0 Å². The lowest BCUT2D eigenvalue weighted by Crippen LogP contribution is -2.21. The van der Waals surface area contributed by atoms with Crippen LogP contribution in [0.3, 0.4) is 0 Å². The van der Waals surface area contributed by atoms with Gasteiger partial charge in [0.1, 0.15) is 12.8 Å². The highest BCUT2D eigenvalue weighted by atomic mass is 16.6. The van der Waals surface area contributed by atoms with Crippen LogP contribution >= 0.6 is 0 Å². The topological polar surface area (TPSA) is 108 Å². The number of hydrogen-bond acceptors (Lipinski definition) is 6. The van der Waals surface area contributed by atoms with Crippen LogP contribution in [0.5, 0.6) is 0 Å². The van der Waals surface area contributed by atoms with Gasteiger partial charge in [-0.05, 0) is 4.92 Å². The lowest BCUT2D eigenvalue weighted by molar-refractivity contribution is -0.394. The number of aliphatic hydroxyl groups is 1. The van der Waals surface area contributed by atoms with Crippen molar-refractivity contribution in [1.82, 2.24) is 19.1 Å². The third-order valence-corrected chi connectivity index (χ3v) is 2.81. The van der Waals surface area contributed by atoms with E-state index in [4.69, 9.17) is 4.74 Å². The molecule has 0 saturated carbocycles. The van der Waals surface area contributed by atoms with Crippen molar-refractivity contribution in [3.63, 3.8) is 0 Å². The lowest BCUT2D eigenvalue weighted by Gasteiger charge is -2.15. The van der Waals surface area contributed by atoms with Crippen LogP contribution in [0.1, 0.15) is 12.1 Å². The van der Waals surface area contributed by atoms with E-state index in [0.29, 0.717) is 12.4 Å². The maximum atomic E-state index is 10.9. The Bertz CT molecular complexity index is 565. The molecule has 9 heteroatoms. The number of rotatable bonds is 7. The molecule has 0 aromatic carbocycles. The zero-order valence-corrected chi connectivity index (χ0v) is 10.9. The van der Waals surface area contributed by atoms with E-state index in [1.807, 2.05) is 4.57 Å². The Morgan fingerprint density at radius 1 is 1.60 bits per heavy atom. The zero-order valence-electron chi connectivity index (χ0n) is 10.9. The molecule has 0 amide bonds. The Balaban J connectivity index is 2.04. The summed E-state index contributed by atoms with van der Waals surface area (Å²) in [4.78, 5) is 18.1. The second-order valence-electron chi connectivity index (χ2n) is 4.10. The molecule has 0 aliphatic rings. The molecular formula is C11H15N5O4. The predicted molar refractivity (Wildman–Crippen MR) is 67.9 cm³/mol. The normalized spacial score (nSPS) is 12.5. The molecule has 2 aromatic heterocycles. The molecule has 1 atom stereocenters. The first-order chi connectivity index (χ1) is 9.63. The SMILES string of the molecule is Cc1ncc([N+](=O)[O-])n1C(CO)OCCn1ccnc1. The maximum Gasteiger partial charge on any atom is 0.345 e. The van der Waals surface area contributed by atoms with Crippen molar-refractivity contribution in [2.45, 2.75) is 19.7 Å². The van der Waals surface area contributed by atoms with Crippen LogP contribution in [0.4, 0.5) is 5.82 Å². The van der Waals surface area contributed by atoms with Gasteiger partial charge in [-0.1, -0.05) is 0 Å². The summed E-state index contributed by atoms with van der Waals surface area (Å²) >= 11 is 0. The molecule has 2 aromatic rings. The van der Waals surface area contributed by atoms with Crippen molar-refractivity contribution in [2.24, 2.45) is 0 Å². The molecule has 0 radical (unpaired) electrons. The molecule has 1 N–H and O–H groups in total. The van der Waals surface area contributed by atoms with Gasteiger partial charge in [-0.3, -0.25) is 0 Å². The minimum Gasteiger partial charge on any atom is -0.389 e. The lowest BCUT2D eigenvalue weighted by atomic mass is 10.5. The van der Waals surface area contributed by atoms with E-state index < -0.39 is 11.2 Å². The van der Waals surface area contributed by atoms with Gasteiger partial charge >= 0.3 is 5.82 Å². The molecule has 0 saturated heterocycles. The first kappa shape index (κ1) is 14.2. The van der Waals surface area contributed by atoms with E-state index in [1.54, 1.807) is 25.6 Å². The number of aryl methyl sites for hydroxylation is 1. The molecule has 0 bridgehead atoms. The Morgan fingerprint density at radius 2 is 2.40 bits per heavy atom. The van der Waals surface area contributed by atoms with Crippen LogP contribution in [-0.4, -0.2) is 42.3 Å². The number of ether oxygens (including phenoxy) is 1. The highest BCUT2D eigenvalue weighted by Crippen LogP contribution is 2.21. The molecule has 20 heavy (non-hydrogen) atoms. The van der Waals surface area contributed by atoms with E-state index in [0.717, 1.165) is 6.20 Å². The minimum absolute atomic E-state index is 0.204. The number of aliphatic hydroxyl groups excluding tert-OH is 1. The van der Waals surface area contributed by atoms with E-state index in [1.165, 1.54) is 4.57 Å². The maximum absolute atomic E-state index is 10.9. The van der Waals surface area contributed by atoms with Crippen molar-refractivity contribution in [2.75, 3.05) is 13.2 Å². The van der Waals surface area contributed by atoms with Crippen LogP contribution in [0, 0.1) is 17.0 Å². The summed E-state index contributed by atoms with van der Waals surface area (Å²) in [6.07, 6.45) is 5.39. The van der Waals surface area contributed by atoms with Gasteiger partial charge < -0.3 is 24.5 Å². The van der Waals surface area contributed by atoms with Crippen LogP contribution in [0.25, 0.3) is 0 Å². The standard InChI is InChI=1S/C11H15N5O4/c1-9-13-6-10(16(18)19)15(9)11(7-17)20-5-4-14-3-2-12-8-14/h2-3,6,8,11,17H,4-5,7H2,1H3. The molecule has 2 heterocycles. The van der Waals surface area contributed by atoms with Gasteiger partial charge in [-0.2, -0.15) is 4.57 Å². The summed E-state index contributed by atoms with van der Waals surface area (Å²) in [6, 6.07) is 0. The molecule has 0 aliphatic heterocycles. The predicted octanol–water partition coefficient (Wildman–Crippen LogP) is 0.504. The molecule has 0 spiro atoms. The molecule has 0 fully saturated rings. The first-order valence-corrected chi connectivity index (χ1v) is 6.00. The fraction of sp³-hybridized carbons (Fsp3) is 0.455. The first-order valence-electron chi connectivity index (χ1n) is 6.00. The molecule has 9 nitrogen and oxygen atoms in total. The Kier molecular flexibility index (Phi) is 4.43. The van der Waals surface area contributed by atoms with Gasteiger partial charge in [0.25, 0.3) is 0 Å². The Labute approximate surface area is 114 Å². The van der Waals surface area contributed by atoms with E-state index in [2.05, 4.69) is 9.97 Å². The minimum atomic E-state index is -0.832. The van der Waals surface area contributed by atoms with Crippen molar-refractivity contribution < 1.29 is 14.8 Å². The van der Waals surface area contributed by atoms with Crippen molar-refractivity contribution in [3.8, 4) is 0 Å². The molecule has 0 aliphatic carbocycles. The summed E-state index contributed by atoms with van der Waals surface area (Å²) in [7, 11) is 0.